The summed E-state index contributed by atoms with van der Waals surface area (Å²) in [6.07, 6.45) is 2.22. The van der Waals surface area contributed by atoms with Gasteiger partial charge in [0.2, 0.25) is 5.76 Å². The van der Waals surface area contributed by atoms with Gasteiger partial charge in [-0.15, -0.1) is 0 Å². The molecule has 1 aromatic heterocycles. The van der Waals surface area contributed by atoms with Crippen LogP contribution in [-0.4, -0.2) is 34.6 Å². The third-order valence-electron chi connectivity index (χ3n) is 3.00. The second-order valence-electron chi connectivity index (χ2n) is 4.56. The van der Waals surface area contributed by atoms with Gasteiger partial charge in [-0.2, -0.15) is 5.26 Å². The van der Waals surface area contributed by atoms with E-state index in [0.29, 0.717) is 18.7 Å². The van der Waals surface area contributed by atoms with Gasteiger partial charge >= 0.3 is 12.0 Å². The fourth-order valence-electron chi connectivity index (χ4n) is 1.86. The summed E-state index contributed by atoms with van der Waals surface area (Å²) in [5.74, 6) is -0.916. The first-order valence-electron chi connectivity index (χ1n) is 6.35. The van der Waals surface area contributed by atoms with E-state index in [4.69, 9.17) is 14.8 Å². The van der Waals surface area contributed by atoms with Crippen LogP contribution in [0.5, 0.6) is 0 Å². The SMILES string of the molecule is N#CCCN(C(=O)NCc1ccc(C(=O)O)o1)C1CC1. The molecule has 2 rings (SSSR count). The summed E-state index contributed by atoms with van der Waals surface area (Å²) in [6.45, 7) is 0.535. The van der Waals surface area contributed by atoms with E-state index in [1.165, 1.54) is 12.1 Å². The molecule has 1 aliphatic carbocycles. The Morgan fingerprint density at radius 2 is 2.25 bits per heavy atom. The molecule has 106 valence electrons. The first-order valence-corrected chi connectivity index (χ1v) is 6.35. The lowest BCUT2D eigenvalue weighted by atomic mass is 10.4. The van der Waals surface area contributed by atoms with Gasteiger partial charge in [-0.25, -0.2) is 9.59 Å². The van der Waals surface area contributed by atoms with Crippen molar-refractivity contribution in [3.63, 3.8) is 0 Å². The standard InChI is InChI=1S/C13H15N3O4/c14-6-1-7-16(9-2-3-9)13(19)15-8-10-4-5-11(20-10)12(17)18/h4-5,9H,1-3,7-8H2,(H,15,19)(H,17,18). The first kappa shape index (κ1) is 13.9. The average molecular weight is 277 g/mol. The highest BCUT2D eigenvalue weighted by Crippen LogP contribution is 2.26. The molecule has 2 amide bonds. The number of nitrogens with one attached hydrogen (secondary N) is 1. The van der Waals surface area contributed by atoms with Crippen LogP contribution in [0.3, 0.4) is 0 Å². The number of carboxylic acid groups (broad SMARTS) is 1. The lowest BCUT2D eigenvalue weighted by molar-refractivity contribution is 0.0660. The summed E-state index contributed by atoms with van der Waals surface area (Å²) < 4.78 is 5.05. The van der Waals surface area contributed by atoms with E-state index < -0.39 is 5.97 Å². The molecule has 1 saturated carbocycles. The Bertz CT molecular complexity index is 542. The van der Waals surface area contributed by atoms with E-state index in [2.05, 4.69) is 5.32 Å². The number of carboxylic acids is 1. The molecule has 2 N–H and O–H groups in total. The molecule has 0 unspecified atom stereocenters. The molecule has 7 nitrogen and oxygen atoms in total. The number of hydrogen-bond donors (Lipinski definition) is 2. The van der Waals surface area contributed by atoms with Gasteiger partial charge < -0.3 is 19.7 Å². The lowest BCUT2D eigenvalue weighted by Gasteiger charge is -2.21. The maximum absolute atomic E-state index is 12.0. The molecule has 1 fully saturated rings. The highest BCUT2D eigenvalue weighted by Gasteiger charge is 2.32. The number of amides is 2. The van der Waals surface area contributed by atoms with Crippen LogP contribution in [0.25, 0.3) is 0 Å². The van der Waals surface area contributed by atoms with E-state index in [0.717, 1.165) is 12.8 Å². The number of aromatic carboxylic acids is 1. The molecular formula is C13H15N3O4. The first-order chi connectivity index (χ1) is 9.61. The maximum atomic E-state index is 12.0. The zero-order valence-electron chi connectivity index (χ0n) is 10.8. The summed E-state index contributed by atoms with van der Waals surface area (Å²) in [7, 11) is 0. The Morgan fingerprint density at radius 3 is 2.80 bits per heavy atom. The number of nitrogens with zero attached hydrogens (tertiary/aromatic N) is 2. The van der Waals surface area contributed by atoms with Gasteiger partial charge in [-0.05, 0) is 25.0 Å². The van der Waals surface area contributed by atoms with Crippen LogP contribution in [-0.2, 0) is 6.54 Å². The van der Waals surface area contributed by atoms with Crippen molar-refractivity contribution in [2.24, 2.45) is 0 Å². The fourth-order valence-corrected chi connectivity index (χ4v) is 1.86. The average Bonchev–Trinajstić information content (AvgIpc) is 3.14. The summed E-state index contributed by atoms with van der Waals surface area (Å²) in [6, 6.07) is 4.84. The predicted molar refractivity (Wildman–Crippen MR) is 67.9 cm³/mol. The van der Waals surface area contributed by atoms with Gasteiger partial charge in [0.15, 0.2) is 0 Å². The van der Waals surface area contributed by atoms with Crippen molar-refractivity contribution in [3.05, 3.63) is 23.7 Å². The van der Waals surface area contributed by atoms with Gasteiger partial charge in [0.1, 0.15) is 5.76 Å². The maximum Gasteiger partial charge on any atom is 0.371 e. The highest BCUT2D eigenvalue weighted by molar-refractivity contribution is 5.84. The Kier molecular flexibility index (Phi) is 4.25. The third-order valence-corrected chi connectivity index (χ3v) is 3.00. The van der Waals surface area contributed by atoms with Crippen molar-refractivity contribution in [2.45, 2.75) is 31.8 Å². The van der Waals surface area contributed by atoms with Crippen molar-refractivity contribution in [2.75, 3.05) is 6.54 Å². The molecule has 0 radical (unpaired) electrons. The van der Waals surface area contributed by atoms with E-state index >= 15 is 0 Å². The summed E-state index contributed by atoms with van der Waals surface area (Å²) >= 11 is 0. The second kappa shape index (κ2) is 6.10. The van der Waals surface area contributed by atoms with Crippen LogP contribution in [0.2, 0.25) is 0 Å². The van der Waals surface area contributed by atoms with Crippen LogP contribution in [0.15, 0.2) is 16.5 Å². The lowest BCUT2D eigenvalue weighted by Crippen LogP contribution is -2.41. The zero-order chi connectivity index (χ0) is 14.5. The predicted octanol–water partition coefficient (Wildman–Crippen LogP) is 1.57. The summed E-state index contributed by atoms with van der Waals surface area (Å²) in [5, 5.41) is 20.0. The fraction of sp³-hybridized carbons (Fsp3) is 0.462. The minimum atomic E-state index is -1.14. The molecule has 1 aromatic rings. The molecule has 0 bridgehead atoms. The van der Waals surface area contributed by atoms with Gasteiger partial charge in [0.05, 0.1) is 19.0 Å². The van der Waals surface area contributed by atoms with Crippen LogP contribution >= 0.6 is 0 Å². The third kappa shape index (κ3) is 3.51. The molecule has 0 aliphatic heterocycles. The molecule has 0 aromatic carbocycles. The molecule has 0 saturated heterocycles. The number of nitriles is 1. The normalized spacial score (nSPS) is 13.6. The number of carbonyl (C=O) groups excluding carboxylic acids is 1. The molecule has 20 heavy (non-hydrogen) atoms. The highest BCUT2D eigenvalue weighted by atomic mass is 16.4. The minimum Gasteiger partial charge on any atom is -0.475 e. The molecule has 7 heteroatoms. The monoisotopic (exact) mass is 277 g/mol. The van der Waals surface area contributed by atoms with Gasteiger partial charge in [-0.1, -0.05) is 0 Å². The van der Waals surface area contributed by atoms with Crippen molar-refractivity contribution < 1.29 is 19.1 Å². The van der Waals surface area contributed by atoms with Crippen LogP contribution < -0.4 is 5.32 Å². The minimum absolute atomic E-state index is 0.127. The Hall–Kier alpha value is -2.49. The van der Waals surface area contributed by atoms with Crippen LogP contribution in [0, 0.1) is 11.3 Å². The number of rotatable bonds is 6. The molecule has 0 atom stereocenters. The smallest absolute Gasteiger partial charge is 0.371 e. The Morgan fingerprint density at radius 1 is 1.50 bits per heavy atom. The topological polar surface area (TPSA) is 107 Å². The Labute approximate surface area is 115 Å². The van der Waals surface area contributed by atoms with E-state index in [1.54, 1.807) is 4.90 Å². The van der Waals surface area contributed by atoms with E-state index in [1.807, 2.05) is 6.07 Å². The number of furan rings is 1. The molecule has 0 spiro atoms. The number of hydrogen-bond acceptors (Lipinski definition) is 4. The molecule has 1 heterocycles. The Balaban J connectivity index is 1.86. The molecule has 1 aliphatic rings. The summed E-state index contributed by atoms with van der Waals surface area (Å²) in [4.78, 5) is 24.3. The quantitative estimate of drug-likeness (QED) is 0.820. The zero-order valence-corrected chi connectivity index (χ0v) is 10.8. The summed E-state index contributed by atoms with van der Waals surface area (Å²) in [5.41, 5.74) is 0. The van der Waals surface area contributed by atoms with Crippen LogP contribution in [0.1, 0.15) is 35.6 Å². The number of urea groups is 1. The molecular weight excluding hydrogens is 262 g/mol. The number of carbonyl (C=O) groups is 2. The van der Waals surface area contributed by atoms with E-state index in [9.17, 15) is 9.59 Å². The second-order valence-corrected chi connectivity index (χ2v) is 4.56. The van der Waals surface area contributed by atoms with Gasteiger partial charge in [0.25, 0.3) is 0 Å². The van der Waals surface area contributed by atoms with E-state index in [-0.39, 0.29) is 24.4 Å². The largest absolute Gasteiger partial charge is 0.475 e. The van der Waals surface area contributed by atoms with Crippen molar-refractivity contribution in [1.82, 2.24) is 10.2 Å². The van der Waals surface area contributed by atoms with Crippen molar-refractivity contribution >= 4 is 12.0 Å². The van der Waals surface area contributed by atoms with Crippen LogP contribution in [0.4, 0.5) is 4.79 Å². The van der Waals surface area contributed by atoms with Gasteiger partial charge in [0, 0.05) is 12.6 Å². The van der Waals surface area contributed by atoms with Crippen molar-refractivity contribution in [1.29, 1.82) is 5.26 Å². The van der Waals surface area contributed by atoms with Crippen molar-refractivity contribution in [3.8, 4) is 6.07 Å². The van der Waals surface area contributed by atoms with Gasteiger partial charge in [-0.3, -0.25) is 0 Å².